The lowest BCUT2D eigenvalue weighted by atomic mass is 10.1. The smallest absolute Gasteiger partial charge is 0.251 e. The first-order chi connectivity index (χ1) is 12.2. The molecule has 2 N–H and O–H groups in total. The van der Waals surface area contributed by atoms with E-state index in [9.17, 15) is 18.3 Å². The van der Waals surface area contributed by atoms with Gasteiger partial charge in [-0.3, -0.25) is 9.48 Å². The van der Waals surface area contributed by atoms with Gasteiger partial charge in [-0.05, 0) is 43.2 Å². The highest BCUT2D eigenvalue weighted by Crippen LogP contribution is 2.18. The van der Waals surface area contributed by atoms with Gasteiger partial charge in [0.05, 0.1) is 30.7 Å². The standard InChI is InChI=1S/C17H22N4O4S/c1-12-8-13(4-5-16(12)22)17(23)18-10-14-9-15-11-20(26(2,24)25)6-3-7-21(15)19-14/h4-5,8-9,22H,3,6-7,10-11H2,1-2H3,(H,18,23). The number of nitrogens with zero attached hydrogens (tertiary/aromatic N) is 3. The topological polar surface area (TPSA) is 105 Å². The molecule has 0 aliphatic carbocycles. The number of nitrogens with one attached hydrogen (secondary N) is 1. The Bertz CT molecular complexity index is 936. The summed E-state index contributed by atoms with van der Waals surface area (Å²) in [5, 5.41) is 16.8. The largest absolute Gasteiger partial charge is 0.508 e. The molecular weight excluding hydrogens is 356 g/mol. The molecule has 0 bridgehead atoms. The van der Waals surface area contributed by atoms with E-state index in [4.69, 9.17) is 0 Å². The molecule has 0 unspecified atom stereocenters. The van der Waals surface area contributed by atoms with Gasteiger partial charge in [0.1, 0.15) is 5.75 Å². The second-order valence-electron chi connectivity index (χ2n) is 6.48. The predicted molar refractivity (Wildman–Crippen MR) is 96.1 cm³/mol. The second-order valence-corrected chi connectivity index (χ2v) is 8.47. The average Bonchev–Trinajstić information content (AvgIpc) is 2.84. The maximum Gasteiger partial charge on any atom is 0.251 e. The minimum absolute atomic E-state index is 0.148. The molecule has 2 heterocycles. The van der Waals surface area contributed by atoms with Crippen LogP contribution in [0.2, 0.25) is 0 Å². The van der Waals surface area contributed by atoms with Crippen molar-refractivity contribution in [1.82, 2.24) is 19.4 Å². The van der Waals surface area contributed by atoms with Gasteiger partial charge in [0.15, 0.2) is 0 Å². The summed E-state index contributed by atoms with van der Waals surface area (Å²) >= 11 is 0. The van der Waals surface area contributed by atoms with Crippen molar-refractivity contribution in [3.8, 4) is 5.75 Å². The molecule has 1 amide bonds. The van der Waals surface area contributed by atoms with Crippen molar-refractivity contribution in [1.29, 1.82) is 0 Å². The number of rotatable bonds is 4. The minimum atomic E-state index is -3.25. The quantitative estimate of drug-likeness (QED) is 0.826. The van der Waals surface area contributed by atoms with Crippen LogP contribution in [0.1, 0.15) is 33.7 Å². The molecule has 9 heteroatoms. The Morgan fingerprint density at radius 2 is 2.08 bits per heavy atom. The van der Waals surface area contributed by atoms with Crippen LogP contribution in [0, 0.1) is 6.92 Å². The summed E-state index contributed by atoms with van der Waals surface area (Å²) in [4.78, 5) is 12.2. The summed E-state index contributed by atoms with van der Waals surface area (Å²) in [6.45, 7) is 3.39. The first kappa shape index (κ1) is 18.4. The first-order valence-corrected chi connectivity index (χ1v) is 10.2. The zero-order valence-electron chi connectivity index (χ0n) is 14.8. The molecule has 0 fully saturated rings. The number of carbonyl (C=O) groups is 1. The molecule has 0 saturated heterocycles. The summed E-state index contributed by atoms with van der Waals surface area (Å²) in [6.07, 6.45) is 1.90. The fourth-order valence-electron chi connectivity index (χ4n) is 2.93. The van der Waals surface area contributed by atoms with Crippen LogP contribution in [0.3, 0.4) is 0 Å². The van der Waals surface area contributed by atoms with Crippen LogP contribution < -0.4 is 5.32 Å². The molecule has 0 spiro atoms. The van der Waals surface area contributed by atoms with Crippen LogP contribution in [0.4, 0.5) is 0 Å². The van der Waals surface area contributed by atoms with Gasteiger partial charge in [-0.15, -0.1) is 0 Å². The number of sulfonamides is 1. The molecule has 1 aromatic carbocycles. The number of phenolic OH excluding ortho intramolecular Hbond substituents is 1. The van der Waals surface area contributed by atoms with Crippen LogP contribution in [-0.4, -0.2) is 46.3 Å². The van der Waals surface area contributed by atoms with Crippen molar-refractivity contribution < 1.29 is 18.3 Å². The van der Waals surface area contributed by atoms with Crippen molar-refractivity contribution in [3.63, 3.8) is 0 Å². The summed E-state index contributed by atoms with van der Waals surface area (Å²) in [6, 6.07) is 6.50. The van der Waals surface area contributed by atoms with Gasteiger partial charge in [0.25, 0.3) is 5.91 Å². The average molecular weight is 378 g/mol. The van der Waals surface area contributed by atoms with Crippen molar-refractivity contribution in [2.45, 2.75) is 33.0 Å². The summed E-state index contributed by atoms with van der Waals surface area (Å²) in [7, 11) is -3.25. The molecule has 0 atom stereocenters. The Hall–Kier alpha value is -2.39. The first-order valence-electron chi connectivity index (χ1n) is 8.32. The van der Waals surface area contributed by atoms with Gasteiger partial charge in [-0.25, -0.2) is 8.42 Å². The second kappa shape index (κ2) is 7.08. The van der Waals surface area contributed by atoms with E-state index in [1.165, 1.54) is 16.6 Å². The summed E-state index contributed by atoms with van der Waals surface area (Å²) in [5.74, 6) is -0.108. The Balaban J connectivity index is 1.68. The van der Waals surface area contributed by atoms with E-state index in [0.29, 0.717) is 36.3 Å². The third kappa shape index (κ3) is 4.05. The zero-order chi connectivity index (χ0) is 18.9. The van der Waals surface area contributed by atoms with Gasteiger partial charge in [-0.2, -0.15) is 9.40 Å². The van der Waals surface area contributed by atoms with E-state index in [-0.39, 0.29) is 24.7 Å². The lowest BCUT2D eigenvalue weighted by Crippen LogP contribution is -2.29. The molecule has 1 aliphatic heterocycles. The molecule has 140 valence electrons. The highest BCUT2D eigenvalue weighted by molar-refractivity contribution is 7.88. The molecule has 1 aromatic heterocycles. The minimum Gasteiger partial charge on any atom is -0.508 e. The molecular formula is C17H22N4O4S. The Morgan fingerprint density at radius 3 is 2.77 bits per heavy atom. The number of fused-ring (bicyclic) bond motifs is 1. The lowest BCUT2D eigenvalue weighted by Gasteiger charge is -2.16. The van der Waals surface area contributed by atoms with Gasteiger partial charge in [0.2, 0.25) is 10.0 Å². The third-order valence-corrected chi connectivity index (χ3v) is 5.64. The van der Waals surface area contributed by atoms with E-state index >= 15 is 0 Å². The van der Waals surface area contributed by atoms with Crippen molar-refractivity contribution in [2.75, 3.05) is 12.8 Å². The molecule has 1 aliphatic rings. The van der Waals surface area contributed by atoms with E-state index in [1.54, 1.807) is 23.7 Å². The molecule has 8 nitrogen and oxygen atoms in total. The highest BCUT2D eigenvalue weighted by atomic mass is 32.2. The SMILES string of the molecule is Cc1cc(C(=O)NCc2cc3n(n2)CCCN(S(C)(=O)=O)C3)ccc1O. The monoisotopic (exact) mass is 378 g/mol. The number of aryl methyl sites for hydroxylation is 2. The fraction of sp³-hybridized carbons (Fsp3) is 0.412. The molecule has 0 radical (unpaired) electrons. The molecule has 0 saturated carbocycles. The molecule has 26 heavy (non-hydrogen) atoms. The fourth-order valence-corrected chi connectivity index (χ4v) is 3.76. The number of aromatic hydroxyl groups is 1. The van der Waals surface area contributed by atoms with Crippen molar-refractivity contribution in [3.05, 3.63) is 46.8 Å². The van der Waals surface area contributed by atoms with Crippen molar-refractivity contribution >= 4 is 15.9 Å². The predicted octanol–water partition coefficient (Wildman–Crippen LogP) is 0.992. The van der Waals surface area contributed by atoms with Crippen LogP contribution in [-0.2, 0) is 29.7 Å². The van der Waals surface area contributed by atoms with E-state index in [2.05, 4.69) is 10.4 Å². The van der Waals surface area contributed by atoms with Crippen LogP contribution in [0.15, 0.2) is 24.3 Å². The maximum atomic E-state index is 12.2. The number of hydrogen-bond acceptors (Lipinski definition) is 5. The Kier molecular flexibility index (Phi) is 5.01. The van der Waals surface area contributed by atoms with Gasteiger partial charge in [0, 0.05) is 18.7 Å². The van der Waals surface area contributed by atoms with Crippen LogP contribution in [0.25, 0.3) is 0 Å². The van der Waals surface area contributed by atoms with E-state index in [1.807, 2.05) is 6.07 Å². The number of benzene rings is 1. The lowest BCUT2D eigenvalue weighted by molar-refractivity contribution is 0.0950. The number of hydrogen-bond donors (Lipinski definition) is 2. The van der Waals surface area contributed by atoms with Gasteiger partial charge >= 0.3 is 0 Å². The summed E-state index contributed by atoms with van der Waals surface area (Å²) in [5.41, 5.74) is 2.59. The summed E-state index contributed by atoms with van der Waals surface area (Å²) < 4.78 is 26.8. The van der Waals surface area contributed by atoms with Crippen molar-refractivity contribution in [2.24, 2.45) is 0 Å². The molecule has 3 rings (SSSR count). The highest BCUT2D eigenvalue weighted by Gasteiger charge is 2.22. The number of carbonyl (C=O) groups excluding carboxylic acids is 1. The maximum absolute atomic E-state index is 12.2. The normalized spacial score (nSPS) is 15.3. The Labute approximate surface area is 152 Å². The number of phenols is 1. The van der Waals surface area contributed by atoms with E-state index < -0.39 is 10.0 Å². The van der Waals surface area contributed by atoms with Gasteiger partial charge in [-0.1, -0.05) is 0 Å². The van der Waals surface area contributed by atoms with Gasteiger partial charge < -0.3 is 10.4 Å². The zero-order valence-corrected chi connectivity index (χ0v) is 15.6. The number of aromatic nitrogens is 2. The van der Waals surface area contributed by atoms with Crippen LogP contribution in [0.5, 0.6) is 5.75 Å². The molecule has 2 aromatic rings. The third-order valence-electron chi connectivity index (χ3n) is 4.39. The number of amides is 1. The Morgan fingerprint density at radius 1 is 1.31 bits per heavy atom. The van der Waals surface area contributed by atoms with Crippen LogP contribution >= 0.6 is 0 Å². The van der Waals surface area contributed by atoms with E-state index in [0.717, 1.165) is 5.69 Å².